The Morgan fingerprint density at radius 2 is 2.00 bits per heavy atom. The Kier molecular flexibility index (Phi) is 6.14. The van der Waals surface area contributed by atoms with Crippen LogP contribution in [0.1, 0.15) is 30.9 Å². The molecule has 1 atom stereocenters. The molecule has 0 aliphatic heterocycles. The first-order valence-electron chi connectivity index (χ1n) is 6.37. The fourth-order valence-electron chi connectivity index (χ4n) is 1.93. The van der Waals surface area contributed by atoms with Crippen LogP contribution in [-0.4, -0.2) is 18.8 Å². The zero-order valence-electron chi connectivity index (χ0n) is 11.1. The Balaban J connectivity index is 2.75. The molecule has 0 bridgehead atoms. The van der Waals surface area contributed by atoms with Gasteiger partial charge in [0.25, 0.3) is 0 Å². The molecule has 0 saturated heterocycles. The smallest absolute Gasteiger partial charge is 0.313 e. The van der Waals surface area contributed by atoms with Crippen LogP contribution in [-0.2, 0) is 6.42 Å². The molecule has 1 rings (SSSR count). The molecule has 1 N–H and O–H groups in total. The third kappa shape index (κ3) is 6.30. The quantitative estimate of drug-likeness (QED) is 0.813. The summed E-state index contributed by atoms with van der Waals surface area (Å²) < 4.78 is 37.6. The van der Waals surface area contributed by atoms with Crippen molar-refractivity contribution in [2.24, 2.45) is 0 Å². The molecule has 0 saturated carbocycles. The summed E-state index contributed by atoms with van der Waals surface area (Å²) in [7, 11) is 0. The van der Waals surface area contributed by atoms with Gasteiger partial charge in [-0.15, -0.1) is 0 Å². The van der Waals surface area contributed by atoms with E-state index in [-0.39, 0.29) is 0 Å². The molecule has 5 heteroatoms. The van der Waals surface area contributed by atoms with Crippen LogP contribution in [0.25, 0.3) is 0 Å². The minimum atomic E-state index is -4.16. The number of rotatable bonds is 6. The predicted octanol–water partition coefficient (Wildman–Crippen LogP) is 4.51. The van der Waals surface area contributed by atoms with Crippen LogP contribution < -0.4 is 5.32 Å². The summed E-state index contributed by atoms with van der Waals surface area (Å²) in [6.45, 7) is 4.40. The predicted molar refractivity (Wildman–Crippen MR) is 72.6 cm³/mol. The first-order valence-corrected chi connectivity index (χ1v) is 6.74. The summed E-state index contributed by atoms with van der Waals surface area (Å²) in [5.41, 5.74) is 1.76. The second kappa shape index (κ2) is 7.15. The SMILES string of the molecule is CCCNC(Cc1ccc(C)cc1Cl)CC(F)(F)F. The van der Waals surface area contributed by atoms with Gasteiger partial charge in [-0.1, -0.05) is 30.7 Å². The van der Waals surface area contributed by atoms with E-state index in [9.17, 15) is 13.2 Å². The van der Waals surface area contributed by atoms with Crippen LogP contribution in [0.3, 0.4) is 0 Å². The van der Waals surface area contributed by atoms with E-state index in [0.717, 1.165) is 17.5 Å². The minimum absolute atomic E-state index is 0.290. The molecule has 1 aromatic carbocycles. The molecular formula is C14H19ClF3N. The van der Waals surface area contributed by atoms with Crippen molar-refractivity contribution in [2.45, 2.75) is 45.3 Å². The summed E-state index contributed by atoms with van der Waals surface area (Å²) in [6, 6.07) is 4.82. The second-order valence-electron chi connectivity index (χ2n) is 4.77. The van der Waals surface area contributed by atoms with Crippen LogP contribution in [0.15, 0.2) is 18.2 Å². The van der Waals surface area contributed by atoms with Crippen molar-refractivity contribution >= 4 is 11.6 Å². The van der Waals surface area contributed by atoms with Gasteiger partial charge >= 0.3 is 6.18 Å². The number of alkyl halides is 3. The van der Waals surface area contributed by atoms with Crippen LogP contribution in [0.5, 0.6) is 0 Å². The number of benzene rings is 1. The maximum atomic E-state index is 12.5. The molecule has 0 aromatic heterocycles. The molecular weight excluding hydrogens is 275 g/mol. The number of halogens is 4. The zero-order valence-corrected chi connectivity index (χ0v) is 11.9. The van der Waals surface area contributed by atoms with Gasteiger partial charge in [0.05, 0.1) is 6.42 Å². The maximum Gasteiger partial charge on any atom is 0.390 e. The number of aryl methyl sites for hydroxylation is 1. The fourth-order valence-corrected chi connectivity index (χ4v) is 2.24. The number of hydrogen-bond acceptors (Lipinski definition) is 1. The molecule has 1 aromatic rings. The van der Waals surface area contributed by atoms with Gasteiger partial charge in [0, 0.05) is 11.1 Å². The van der Waals surface area contributed by atoms with Gasteiger partial charge in [-0.25, -0.2) is 0 Å². The average molecular weight is 294 g/mol. The van der Waals surface area contributed by atoms with Crippen molar-refractivity contribution in [1.82, 2.24) is 5.32 Å². The van der Waals surface area contributed by atoms with E-state index in [1.165, 1.54) is 0 Å². The lowest BCUT2D eigenvalue weighted by Crippen LogP contribution is -2.36. The maximum absolute atomic E-state index is 12.5. The summed E-state index contributed by atoms with van der Waals surface area (Å²) in [6.07, 6.45) is -3.91. The standard InChI is InChI=1S/C14H19ClF3N/c1-3-6-19-12(9-14(16,17)18)8-11-5-4-10(2)7-13(11)15/h4-5,7,12,19H,3,6,8-9H2,1-2H3. The lowest BCUT2D eigenvalue weighted by molar-refractivity contribution is -0.139. The molecule has 0 aliphatic carbocycles. The molecule has 1 unspecified atom stereocenters. The van der Waals surface area contributed by atoms with Crippen LogP contribution in [0.4, 0.5) is 13.2 Å². The molecule has 0 fully saturated rings. The number of nitrogens with one attached hydrogen (secondary N) is 1. The second-order valence-corrected chi connectivity index (χ2v) is 5.18. The minimum Gasteiger partial charge on any atom is -0.313 e. The lowest BCUT2D eigenvalue weighted by atomic mass is 10.0. The van der Waals surface area contributed by atoms with Gasteiger partial charge in [0.15, 0.2) is 0 Å². The molecule has 108 valence electrons. The van der Waals surface area contributed by atoms with E-state index >= 15 is 0 Å². The Labute approximate surface area is 117 Å². The van der Waals surface area contributed by atoms with E-state index in [2.05, 4.69) is 5.32 Å². The summed E-state index contributed by atoms with van der Waals surface area (Å²) in [5, 5.41) is 3.47. The first-order chi connectivity index (χ1) is 8.81. The van der Waals surface area contributed by atoms with Gasteiger partial charge in [-0.05, 0) is 43.5 Å². The van der Waals surface area contributed by atoms with Crippen LogP contribution in [0, 0.1) is 6.92 Å². The van der Waals surface area contributed by atoms with Gasteiger partial charge in [0.2, 0.25) is 0 Å². The Morgan fingerprint density at radius 3 is 2.53 bits per heavy atom. The average Bonchev–Trinajstić information content (AvgIpc) is 2.27. The highest BCUT2D eigenvalue weighted by Crippen LogP contribution is 2.25. The molecule has 19 heavy (non-hydrogen) atoms. The topological polar surface area (TPSA) is 12.0 Å². The molecule has 0 spiro atoms. The van der Waals surface area contributed by atoms with Crippen molar-refractivity contribution in [2.75, 3.05) is 6.54 Å². The molecule has 0 radical (unpaired) electrons. The Hall–Kier alpha value is -0.740. The van der Waals surface area contributed by atoms with Crippen LogP contribution in [0.2, 0.25) is 5.02 Å². The van der Waals surface area contributed by atoms with Crippen molar-refractivity contribution in [3.63, 3.8) is 0 Å². The van der Waals surface area contributed by atoms with E-state index in [1.54, 1.807) is 12.1 Å². The number of hydrogen-bond donors (Lipinski definition) is 1. The van der Waals surface area contributed by atoms with Gasteiger partial charge in [-0.2, -0.15) is 13.2 Å². The fraction of sp³-hybridized carbons (Fsp3) is 0.571. The summed E-state index contributed by atoms with van der Waals surface area (Å²) >= 11 is 6.07. The van der Waals surface area contributed by atoms with Gasteiger partial charge < -0.3 is 5.32 Å². The third-order valence-corrected chi connectivity index (χ3v) is 3.19. The van der Waals surface area contributed by atoms with E-state index < -0.39 is 18.6 Å². The molecule has 0 aliphatic rings. The van der Waals surface area contributed by atoms with Gasteiger partial charge in [0.1, 0.15) is 0 Å². The van der Waals surface area contributed by atoms with Crippen molar-refractivity contribution in [3.8, 4) is 0 Å². The van der Waals surface area contributed by atoms with Crippen molar-refractivity contribution in [1.29, 1.82) is 0 Å². The summed E-state index contributed by atoms with van der Waals surface area (Å²) in [5.74, 6) is 0. The Bertz CT molecular complexity index is 404. The zero-order chi connectivity index (χ0) is 14.5. The highest BCUT2D eigenvalue weighted by Gasteiger charge is 2.31. The van der Waals surface area contributed by atoms with E-state index in [4.69, 9.17) is 11.6 Å². The highest BCUT2D eigenvalue weighted by molar-refractivity contribution is 6.31. The van der Waals surface area contributed by atoms with Gasteiger partial charge in [-0.3, -0.25) is 0 Å². The molecule has 0 heterocycles. The van der Waals surface area contributed by atoms with E-state index in [1.807, 2.05) is 19.9 Å². The molecule has 1 nitrogen and oxygen atoms in total. The third-order valence-electron chi connectivity index (χ3n) is 2.84. The molecule has 0 amide bonds. The lowest BCUT2D eigenvalue weighted by Gasteiger charge is -2.20. The summed E-state index contributed by atoms with van der Waals surface area (Å²) in [4.78, 5) is 0. The van der Waals surface area contributed by atoms with Crippen molar-refractivity contribution < 1.29 is 13.2 Å². The highest BCUT2D eigenvalue weighted by atomic mass is 35.5. The van der Waals surface area contributed by atoms with Crippen molar-refractivity contribution in [3.05, 3.63) is 34.3 Å². The van der Waals surface area contributed by atoms with Crippen LogP contribution >= 0.6 is 11.6 Å². The Morgan fingerprint density at radius 1 is 1.32 bits per heavy atom. The van der Waals surface area contributed by atoms with E-state index in [0.29, 0.717) is 18.0 Å². The largest absolute Gasteiger partial charge is 0.390 e. The normalized spacial score (nSPS) is 13.6. The first kappa shape index (κ1) is 16.3. The monoisotopic (exact) mass is 293 g/mol.